The Morgan fingerprint density at radius 2 is 1.50 bits per heavy atom. The molecule has 0 atom stereocenters. The van der Waals surface area contributed by atoms with Crippen molar-refractivity contribution < 1.29 is 32.3 Å². The second-order valence-corrected chi connectivity index (χ2v) is 9.13. The Balaban J connectivity index is 1.73. The zero-order chi connectivity index (χ0) is 23.5. The molecule has 9 nitrogen and oxygen atoms in total. The zero-order valence-corrected chi connectivity index (χ0v) is 18.8. The molecule has 170 valence electrons. The minimum Gasteiger partial charge on any atom is -0.486 e. The number of carbonyl (C=O) groups excluding carboxylic acids is 3. The highest BCUT2D eigenvalue weighted by Crippen LogP contribution is 2.31. The summed E-state index contributed by atoms with van der Waals surface area (Å²) in [5, 5.41) is 0. The molecule has 0 spiro atoms. The van der Waals surface area contributed by atoms with Gasteiger partial charge >= 0.3 is 0 Å². The van der Waals surface area contributed by atoms with Gasteiger partial charge in [-0.25, -0.2) is 12.7 Å². The Morgan fingerprint density at radius 1 is 0.906 bits per heavy atom. The first-order chi connectivity index (χ1) is 15.1. The van der Waals surface area contributed by atoms with E-state index in [0.717, 1.165) is 6.26 Å². The average molecular weight is 461 g/mol. The molecule has 2 aromatic carbocycles. The second-order valence-electron chi connectivity index (χ2n) is 7.30. The third-order valence-corrected chi connectivity index (χ3v) is 6.01. The van der Waals surface area contributed by atoms with Gasteiger partial charge in [0.1, 0.15) is 13.2 Å². The molecular formula is C22H24N2O7S. The summed E-state index contributed by atoms with van der Waals surface area (Å²) >= 11 is 0. The van der Waals surface area contributed by atoms with Crippen molar-refractivity contribution in [1.29, 1.82) is 0 Å². The normalized spacial score (nSPS) is 12.7. The molecule has 0 saturated heterocycles. The van der Waals surface area contributed by atoms with Crippen molar-refractivity contribution in [3.8, 4) is 11.5 Å². The predicted octanol–water partition coefficient (Wildman–Crippen LogP) is 2.40. The summed E-state index contributed by atoms with van der Waals surface area (Å²) in [6, 6.07) is 10.7. The fourth-order valence-electron chi connectivity index (χ4n) is 3.20. The van der Waals surface area contributed by atoms with Gasteiger partial charge < -0.3 is 14.4 Å². The van der Waals surface area contributed by atoms with Crippen molar-refractivity contribution in [1.82, 2.24) is 0 Å². The fraction of sp³-hybridized carbons (Fsp3) is 0.318. The molecule has 0 radical (unpaired) electrons. The molecule has 0 fully saturated rings. The molecule has 3 rings (SSSR count). The first-order valence-corrected chi connectivity index (χ1v) is 11.7. The van der Waals surface area contributed by atoms with Gasteiger partial charge in [-0.3, -0.25) is 14.4 Å². The van der Waals surface area contributed by atoms with Crippen LogP contribution < -0.4 is 18.7 Å². The van der Waals surface area contributed by atoms with Crippen molar-refractivity contribution in [2.75, 3.05) is 35.7 Å². The van der Waals surface area contributed by atoms with Crippen molar-refractivity contribution >= 4 is 39.0 Å². The molecule has 1 heterocycles. The van der Waals surface area contributed by atoms with Crippen molar-refractivity contribution in [3.05, 3.63) is 48.0 Å². The summed E-state index contributed by atoms with van der Waals surface area (Å²) in [5.41, 5.74) is 1.03. The lowest BCUT2D eigenvalue weighted by atomic mass is 10.1. The van der Waals surface area contributed by atoms with Crippen LogP contribution in [0.5, 0.6) is 11.5 Å². The van der Waals surface area contributed by atoms with Gasteiger partial charge in [0.2, 0.25) is 21.8 Å². The first kappa shape index (κ1) is 23.3. The van der Waals surface area contributed by atoms with Crippen LogP contribution in [0.1, 0.15) is 30.1 Å². The average Bonchev–Trinajstić information content (AvgIpc) is 2.76. The second kappa shape index (κ2) is 9.39. The van der Waals surface area contributed by atoms with Gasteiger partial charge in [0.05, 0.1) is 11.9 Å². The Morgan fingerprint density at radius 3 is 2.09 bits per heavy atom. The van der Waals surface area contributed by atoms with Gasteiger partial charge in [0.15, 0.2) is 17.3 Å². The number of hydrogen-bond acceptors (Lipinski definition) is 7. The van der Waals surface area contributed by atoms with Gasteiger partial charge in [-0.05, 0) is 42.5 Å². The Kier molecular flexibility index (Phi) is 6.83. The molecule has 0 bridgehead atoms. The Labute approximate surface area is 186 Å². The van der Waals surface area contributed by atoms with Gasteiger partial charge in [-0.2, -0.15) is 0 Å². The number of anilines is 2. The van der Waals surface area contributed by atoms with Crippen LogP contribution in [0.15, 0.2) is 42.5 Å². The molecule has 0 aromatic heterocycles. The number of hydrogen-bond donors (Lipinski definition) is 0. The lowest BCUT2D eigenvalue weighted by molar-refractivity contribution is -0.117. The molecule has 1 aliphatic heterocycles. The molecule has 0 unspecified atom stereocenters. The molecule has 2 aromatic rings. The molecule has 0 saturated carbocycles. The van der Waals surface area contributed by atoms with E-state index in [1.54, 1.807) is 37.4 Å². The van der Waals surface area contributed by atoms with Crippen LogP contribution in [0, 0.1) is 0 Å². The minimum atomic E-state index is -3.94. The zero-order valence-electron chi connectivity index (χ0n) is 18.0. The van der Waals surface area contributed by atoms with Crippen molar-refractivity contribution in [2.24, 2.45) is 0 Å². The molecular weight excluding hydrogens is 436 g/mol. The standard InChI is InChI=1S/C22H24N2O7S/c1-15(25)23(2)17-5-7-18(8-6-17)24(32(3,28)29)22(27)11-9-19(26)16-4-10-20-21(14-16)31-13-12-30-20/h4-8,10,14H,9,11-13H2,1-3H3. The number of ether oxygens (including phenoxy) is 2. The summed E-state index contributed by atoms with van der Waals surface area (Å²) in [7, 11) is -2.35. The monoisotopic (exact) mass is 460 g/mol. The highest BCUT2D eigenvalue weighted by Gasteiger charge is 2.26. The third kappa shape index (κ3) is 5.25. The highest BCUT2D eigenvalue weighted by atomic mass is 32.2. The van der Waals surface area contributed by atoms with Gasteiger partial charge in [-0.1, -0.05) is 0 Å². The summed E-state index contributed by atoms with van der Waals surface area (Å²) in [5.74, 6) is -0.229. The lowest BCUT2D eigenvalue weighted by Gasteiger charge is -2.22. The number of rotatable bonds is 7. The van der Waals surface area contributed by atoms with Crippen LogP contribution in [0.25, 0.3) is 0 Å². The number of Topliss-reactive ketones (excluding diaryl/α,β-unsaturated/α-hetero) is 1. The Hall–Kier alpha value is -3.40. The number of fused-ring (bicyclic) bond motifs is 1. The van der Waals surface area contributed by atoms with Crippen LogP contribution in [-0.2, 0) is 19.6 Å². The number of benzene rings is 2. The van der Waals surface area contributed by atoms with Gasteiger partial charge in [0.25, 0.3) is 0 Å². The predicted molar refractivity (Wildman–Crippen MR) is 119 cm³/mol. The SMILES string of the molecule is CC(=O)N(C)c1ccc(N(C(=O)CCC(=O)c2ccc3c(c2)OCCO3)S(C)(=O)=O)cc1. The molecule has 0 N–H and O–H groups in total. The van der Waals surface area contributed by atoms with Crippen molar-refractivity contribution in [3.63, 3.8) is 0 Å². The van der Waals surface area contributed by atoms with E-state index >= 15 is 0 Å². The fourth-order valence-corrected chi connectivity index (χ4v) is 4.16. The van der Waals surface area contributed by atoms with E-state index < -0.39 is 15.9 Å². The molecule has 32 heavy (non-hydrogen) atoms. The molecule has 2 amide bonds. The number of carbonyl (C=O) groups is 3. The number of sulfonamides is 1. The van der Waals surface area contributed by atoms with Gasteiger partial charge in [-0.15, -0.1) is 0 Å². The number of ketones is 1. The summed E-state index contributed by atoms with van der Waals surface area (Å²) in [6.07, 6.45) is 0.453. The maximum Gasteiger partial charge on any atom is 0.241 e. The quantitative estimate of drug-likeness (QED) is 0.584. The maximum atomic E-state index is 12.8. The Bertz CT molecular complexity index is 1140. The number of nitrogens with zero attached hydrogens (tertiary/aromatic N) is 2. The first-order valence-electron chi connectivity index (χ1n) is 9.88. The summed E-state index contributed by atoms with van der Waals surface area (Å²) < 4.78 is 36.2. The lowest BCUT2D eigenvalue weighted by Crippen LogP contribution is -2.36. The van der Waals surface area contributed by atoms with E-state index in [2.05, 4.69) is 0 Å². The smallest absolute Gasteiger partial charge is 0.241 e. The van der Waals surface area contributed by atoms with Crippen LogP contribution in [0.4, 0.5) is 11.4 Å². The minimum absolute atomic E-state index is 0.130. The van der Waals surface area contributed by atoms with E-state index in [0.29, 0.717) is 40.3 Å². The summed E-state index contributed by atoms with van der Waals surface area (Å²) in [4.78, 5) is 38.2. The highest BCUT2D eigenvalue weighted by molar-refractivity contribution is 7.92. The summed E-state index contributed by atoms with van der Waals surface area (Å²) in [6.45, 7) is 2.22. The number of amides is 2. The van der Waals surface area contributed by atoms with E-state index in [1.165, 1.54) is 24.0 Å². The van der Waals surface area contributed by atoms with E-state index in [1.807, 2.05) is 0 Å². The van der Waals surface area contributed by atoms with E-state index in [9.17, 15) is 22.8 Å². The van der Waals surface area contributed by atoms with Gasteiger partial charge in [0, 0.05) is 38.1 Å². The van der Waals surface area contributed by atoms with Crippen LogP contribution in [0.2, 0.25) is 0 Å². The maximum absolute atomic E-state index is 12.8. The van der Waals surface area contributed by atoms with Crippen LogP contribution in [0.3, 0.4) is 0 Å². The van der Waals surface area contributed by atoms with E-state index in [-0.39, 0.29) is 30.2 Å². The van der Waals surface area contributed by atoms with Crippen LogP contribution >= 0.6 is 0 Å². The van der Waals surface area contributed by atoms with E-state index in [4.69, 9.17) is 9.47 Å². The van der Waals surface area contributed by atoms with Crippen LogP contribution in [-0.4, -0.2) is 52.5 Å². The molecule has 1 aliphatic rings. The topological polar surface area (TPSA) is 110 Å². The van der Waals surface area contributed by atoms with Crippen molar-refractivity contribution in [2.45, 2.75) is 19.8 Å². The third-order valence-electron chi connectivity index (χ3n) is 4.93. The molecule has 0 aliphatic carbocycles. The largest absolute Gasteiger partial charge is 0.486 e. The molecule has 10 heteroatoms.